The van der Waals surface area contributed by atoms with E-state index in [2.05, 4.69) is 24.4 Å². The van der Waals surface area contributed by atoms with Crippen molar-refractivity contribution in [2.24, 2.45) is 0 Å². The van der Waals surface area contributed by atoms with Gasteiger partial charge in [0.2, 0.25) is 0 Å². The molecule has 2 aromatic carbocycles. The van der Waals surface area contributed by atoms with Crippen molar-refractivity contribution in [2.45, 2.75) is 32.9 Å². The molecule has 0 aliphatic heterocycles. The van der Waals surface area contributed by atoms with Crippen LogP contribution in [-0.4, -0.2) is 19.1 Å². The number of rotatable bonds is 6. The number of aryl methyl sites for hydroxylation is 1. The number of halogens is 1. The summed E-state index contributed by atoms with van der Waals surface area (Å²) in [6, 6.07) is 13.6. The number of benzene rings is 2. The SMILES string of the molecule is COc1cc(Cl)c(C)cc1NC(=O)[C@H](C)[NH2+][C@@H](C)c1ccccc1. The summed E-state index contributed by atoms with van der Waals surface area (Å²) in [5.41, 5.74) is 2.72. The van der Waals surface area contributed by atoms with Crippen LogP contribution in [0.15, 0.2) is 42.5 Å². The molecule has 0 heterocycles. The molecule has 24 heavy (non-hydrogen) atoms. The molecule has 0 saturated heterocycles. The smallest absolute Gasteiger partial charge is 0.282 e. The zero-order chi connectivity index (χ0) is 17.7. The molecule has 1 amide bonds. The molecule has 0 bridgehead atoms. The molecule has 128 valence electrons. The summed E-state index contributed by atoms with van der Waals surface area (Å²) < 4.78 is 5.30. The summed E-state index contributed by atoms with van der Waals surface area (Å²) in [7, 11) is 1.56. The minimum absolute atomic E-state index is 0.0715. The van der Waals surface area contributed by atoms with Crippen LogP contribution >= 0.6 is 11.6 Å². The van der Waals surface area contributed by atoms with E-state index in [1.165, 1.54) is 5.56 Å². The molecule has 2 aromatic rings. The van der Waals surface area contributed by atoms with Crippen LogP contribution in [0.2, 0.25) is 5.02 Å². The van der Waals surface area contributed by atoms with Gasteiger partial charge in [-0.25, -0.2) is 0 Å². The van der Waals surface area contributed by atoms with E-state index >= 15 is 0 Å². The molecule has 0 spiro atoms. The topological polar surface area (TPSA) is 54.9 Å². The number of nitrogens with two attached hydrogens (primary N) is 1. The predicted molar refractivity (Wildman–Crippen MR) is 97.6 cm³/mol. The third kappa shape index (κ3) is 4.49. The maximum absolute atomic E-state index is 12.5. The molecular weight excluding hydrogens is 324 g/mol. The summed E-state index contributed by atoms with van der Waals surface area (Å²) >= 11 is 6.10. The van der Waals surface area contributed by atoms with Crippen LogP contribution < -0.4 is 15.4 Å². The largest absolute Gasteiger partial charge is 0.495 e. The van der Waals surface area contributed by atoms with Crippen LogP contribution in [0.1, 0.15) is 31.0 Å². The summed E-state index contributed by atoms with van der Waals surface area (Å²) in [6.45, 7) is 5.88. The van der Waals surface area contributed by atoms with Gasteiger partial charge in [0.05, 0.1) is 12.8 Å². The van der Waals surface area contributed by atoms with Crippen LogP contribution in [0.5, 0.6) is 5.75 Å². The maximum atomic E-state index is 12.5. The van der Waals surface area contributed by atoms with Gasteiger partial charge in [0.15, 0.2) is 6.04 Å². The minimum Gasteiger partial charge on any atom is -0.495 e. The second-order valence-corrected chi connectivity index (χ2v) is 6.38. The molecule has 0 radical (unpaired) electrons. The van der Waals surface area contributed by atoms with Crippen molar-refractivity contribution in [3.05, 3.63) is 58.6 Å². The lowest BCUT2D eigenvalue weighted by Gasteiger charge is -2.18. The Labute approximate surface area is 148 Å². The van der Waals surface area contributed by atoms with Crippen LogP contribution in [-0.2, 0) is 4.79 Å². The van der Waals surface area contributed by atoms with Gasteiger partial charge in [-0.05, 0) is 32.4 Å². The molecule has 2 atom stereocenters. The summed E-state index contributed by atoms with van der Waals surface area (Å²) in [6.07, 6.45) is 0. The molecule has 0 aliphatic rings. The standard InChI is InChI=1S/C19H23ClN2O2/c1-12-10-17(18(24-4)11-16(12)20)22-19(23)14(3)21-13(2)15-8-6-5-7-9-15/h5-11,13-14,21H,1-4H3,(H,22,23)/p+1/t13-,14-/m0/s1. The fourth-order valence-corrected chi connectivity index (χ4v) is 2.72. The van der Waals surface area contributed by atoms with E-state index in [0.717, 1.165) is 5.56 Å². The Kier molecular flexibility index (Phi) is 6.23. The van der Waals surface area contributed by atoms with Crippen molar-refractivity contribution in [3.8, 4) is 5.75 Å². The number of hydrogen-bond donors (Lipinski definition) is 2. The molecule has 3 N–H and O–H groups in total. The molecule has 0 aliphatic carbocycles. The van der Waals surface area contributed by atoms with Gasteiger partial charge < -0.3 is 15.4 Å². The second-order valence-electron chi connectivity index (χ2n) is 5.97. The first-order valence-electron chi connectivity index (χ1n) is 7.97. The van der Waals surface area contributed by atoms with Gasteiger partial charge in [-0.15, -0.1) is 0 Å². The Morgan fingerprint density at radius 3 is 2.50 bits per heavy atom. The third-order valence-corrected chi connectivity index (χ3v) is 4.46. The lowest BCUT2D eigenvalue weighted by Crippen LogP contribution is -2.91. The highest BCUT2D eigenvalue weighted by Gasteiger charge is 2.21. The number of quaternary nitrogens is 1. The molecule has 4 nitrogen and oxygen atoms in total. The van der Waals surface area contributed by atoms with E-state index in [0.29, 0.717) is 16.5 Å². The van der Waals surface area contributed by atoms with Crippen LogP contribution in [0.4, 0.5) is 5.69 Å². The molecule has 0 saturated carbocycles. The van der Waals surface area contributed by atoms with Gasteiger partial charge in [-0.1, -0.05) is 41.9 Å². The summed E-state index contributed by atoms with van der Waals surface area (Å²) in [4.78, 5) is 12.5. The number of nitrogens with one attached hydrogen (secondary N) is 1. The molecule has 5 heteroatoms. The van der Waals surface area contributed by atoms with E-state index in [4.69, 9.17) is 16.3 Å². The summed E-state index contributed by atoms with van der Waals surface area (Å²) in [5, 5.41) is 5.59. The highest BCUT2D eigenvalue weighted by molar-refractivity contribution is 6.31. The van der Waals surface area contributed by atoms with Crippen LogP contribution in [0.25, 0.3) is 0 Å². The fraction of sp³-hybridized carbons (Fsp3) is 0.316. The van der Waals surface area contributed by atoms with E-state index in [1.807, 2.05) is 43.4 Å². The summed E-state index contributed by atoms with van der Waals surface area (Å²) in [5.74, 6) is 0.486. The molecule has 0 aromatic heterocycles. The Balaban J connectivity index is 2.05. The predicted octanol–water partition coefficient (Wildman–Crippen LogP) is 3.31. The van der Waals surface area contributed by atoms with Gasteiger partial charge >= 0.3 is 0 Å². The minimum atomic E-state index is -0.235. The van der Waals surface area contributed by atoms with Crippen molar-refractivity contribution in [2.75, 3.05) is 12.4 Å². The molecule has 2 rings (SSSR count). The third-order valence-electron chi connectivity index (χ3n) is 4.05. The number of methoxy groups -OCH3 is 1. The molecular formula is C19H24ClN2O2+. The molecule has 0 fully saturated rings. The van der Waals surface area contributed by atoms with E-state index in [-0.39, 0.29) is 18.0 Å². The fourth-order valence-electron chi connectivity index (χ4n) is 2.56. The average molecular weight is 348 g/mol. The zero-order valence-electron chi connectivity index (χ0n) is 14.5. The Morgan fingerprint density at radius 2 is 1.88 bits per heavy atom. The van der Waals surface area contributed by atoms with E-state index in [1.54, 1.807) is 13.2 Å². The van der Waals surface area contributed by atoms with Crippen LogP contribution in [0, 0.1) is 6.92 Å². The van der Waals surface area contributed by atoms with Crippen molar-refractivity contribution in [1.82, 2.24) is 0 Å². The number of anilines is 1. The Hall–Kier alpha value is -2.04. The first-order valence-corrected chi connectivity index (χ1v) is 8.35. The lowest BCUT2D eigenvalue weighted by atomic mass is 10.1. The lowest BCUT2D eigenvalue weighted by molar-refractivity contribution is -0.709. The van der Waals surface area contributed by atoms with E-state index < -0.39 is 0 Å². The van der Waals surface area contributed by atoms with Crippen molar-refractivity contribution in [3.63, 3.8) is 0 Å². The van der Waals surface area contributed by atoms with Crippen molar-refractivity contribution in [1.29, 1.82) is 0 Å². The second kappa shape index (κ2) is 8.18. The highest BCUT2D eigenvalue weighted by Crippen LogP contribution is 2.30. The number of carbonyl (C=O) groups is 1. The Bertz CT molecular complexity index is 704. The van der Waals surface area contributed by atoms with E-state index in [9.17, 15) is 4.79 Å². The Morgan fingerprint density at radius 1 is 1.21 bits per heavy atom. The normalized spacial score (nSPS) is 13.2. The quantitative estimate of drug-likeness (QED) is 0.842. The number of ether oxygens (including phenoxy) is 1. The zero-order valence-corrected chi connectivity index (χ0v) is 15.2. The van der Waals surface area contributed by atoms with Gasteiger partial charge in [-0.2, -0.15) is 0 Å². The monoisotopic (exact) mass is 347 g/mol. The first kappa shape index (κ1) is 18.3. The van der Waals surface area contributed by atoms with Gasteiger partial charge in [0.25, 0.3) is 5.91 Å². The number of hydrogen-bond acceptors (Lipinski definition) is 2. The van der Waals surface area contributed by atoms with Crippen molar-refractivity contribution < 1.29 is 14.8 Å². The van der Waals surface area contributed by atoms with Gasteiger partial charge in [0, 0.05) is 16.7 Å². The van der Waals surface area contributed by atoms with Crippen LogP contribution in [0.3, 0.4) is 0 Å². The number of carbonyl (C=O) groups excluding carboxylic acids is 1. The van der Waals surface area contributed by atoms with Crippen molar-refractivity contribution >= 4 is 23.2 Å². The van der Waals surface area contributed by atoms with Gasteiger partial charge in [-0.3, -0.25) is 4.79 Å². The van der Waals surface area contributed by atoms with Gasteiger partial charge in [0.1, 0.15) is 11.8 Å². The molecule has 0 unspecified atom stereocenters. The number of amides is 1. The highest BCUT2D eigenvalue weighted by atomic mass is 35.5. The first-order chi connectivity index (χ1) is 11.4. The maximum Gasteiger partial charge on any atom is 0.282 e. The average Bonchev–Trinajstić information content (AvgIpc) is 2.58.